The minimum Gasteiger partial charge on any atom is -0.494 e. The van der Waals surface area contributed by atoms with Crippen molar-refractivity contribution in [1.29, 1.82) is 0 Å². The van der Waals surface area contributed by atoms with Crippen molar-refractivity contribution in [2.75, 3.05) is 17.5 Å². The van der Waals surface area contributed by atoms with E-state index < -0.39 is 28.5 Å². The monoisotopic (exact) mass is 611 g/mol. The highest BCUT2D eigenvalue weighted by Gasteiger charge is 2.34. The maximum absolute atomic E-state index is 14.2. The van der Waals surface area contributed by atoms with Gasteiger partial charge in [-0.1, -0.05) is 61.7 Å². The van der Waals surface area contributed by atoms with Gasteiger partial charge < -0.3 is 15.0 Å². The first kappa shape index (κ1) is 31.4. The number of nitrogens with one attached hydrogen (secondary N) is 1. The van der Waals surface area contributed by atoms with Crippen LogP contribution in [-0.4, -0.2) is 50.4 Å². The Morgan fingerprint density at radius 3 is 2.19 bits per heavy atom. The second kappa shape index (κ2) is 14.6. The number of hydrogen-bond acceptors (Lipinski definition) is 5. The molecule has 1 fully saturated rings. The molecular weight excluding hydrogens is 574 g/mol. The average Bonchev–Trinajstić information content (AvgIpc) is 3.51. The zero-order valence-electron chi connectivity index (χ0n) is 24.0. The van der Waals surface area contributed by atoms with E-state index in [1.54, 1.807) is 66.7 Å². The van der Waals surface area contributed by atoms with Gasteiger partial charge in [-0.2, -0.15) is 0 Å². The number of benzene rings is 3. The minimum absolute atomic E-state index is 0.0574. The number of sulfonamides is 1. The Morgan fingerprint density at radius 2 is 1.60 bits per heavy atom. The standard InChI is InChI=1S/C32H38ClN3O5S/c1-3-30(32(38)34-26-10-8-9-11-26)35(22-24-14-16-25(33)17-15-24)31(37)23-36(27-18-20-28(21-19-27)41-4-2)42(39,40)29-12-6-5-7-13-29/h5-7,12-21,26,30H,3-4,8-11,22-23H2,1-2H3,(H,34,38)/t30-/m1/s1. The predicted octanol–water partition coefficient (Wildman–Crippen LogP) is 5.80. The van der Waals surface area contributed by atoms with E-state index in [1.165, 1.54) is 17.0 Å². The molecule has 4 rings (SSSR count). The molecule has 0 aliphatic heterocycles. The van der Waals surface area contributed by atoms with E-state index in [0.717, 1.165) is 35.6 Å². The number of nitrogens with zero attached hydrogens (tertiary/aromatic N) is 2. The van der Waals surface area contributed by atoms with Gasteiger partial charge in [0, 0.05) is 17.6 Å². The molecule has 0 saturated heterocycles. The number of anilines is 1. The van der Waals surface area contributed by atoms with E-state index in [1.807, 2.05) is 13.8 Å². The van der Waals surface area contributed by atoms with Crippen molar-refractivity contribution < 1.29 is 22.7 Å². The number of rotatable bonds is 13. The highest BCUT2D eigenvalue weighted by Crippen LogP contribution is 2.27. The molecule has 0 heterocycles. The number of hydrogen-bond donors (Lipinski definition) is 1. The van der Waals surface area contributed by atoms with Crippen LogP contribution in [0.3, 0.4) is 0 Å². The quantitative estimate of drug-likeness (QED) is 0.264. The van der Waals surface area contributed by atoms with Gasteiger partial charge in [0.15, 0.2) is 0 Å². The van der Waals surface area contributed by atoms with Crippen molar-refractivity contribution in [2.24, 2.45) is 0 Å². The van der Waals surface area contributed by atoms with Crippen molar-refractivity contribution >= 4 is 39.1 Å². The second-order valence-corrected chi connectivity index (χ2v) is 12.6. The van der Waals surface area contributed by atoms with Crippen LogP contribution in [0.4, 0.5) is 5.69 Å². The lowest BCUT2D eigenvalue weighted by atomic mass is 10.1. The number of halogens is 1. The molecular formula is C32H38ClN3O5S. The fourth-order valence-electron chi connectivity index (χ4n) is 5.20. The normalized spacial score (nSPS) is 14.3. The number of amides is 2. The summed E-state index contributed by atoms with van der Waals surface area (Å²) >= 11 is 6.10. The van der Waals surface area contributed by atoms with Crippen LogP contribution in [0.1, 0.15) is 51.5 Å². The van der Waals surface area contributed by atoms with E-state index in [-0.39, 0.29) is 23.4 Å². The summed E-state index contributed by atoms with van der Waals surface area (Å²) in [7, 11) is -4.13. The number of ether oxygens (including phenoxy) is 1. The first-order chi connectivity index (χ1) is 20.2. The molecule has 42 heavy (non-hydrogen) atoms. The molecule has 1 saturated carbocycles. The fourth-order valence-corrected chi connectivity index (χ4v) is 6.76. The van der Waals surface area contributed by atoms with E-state index in [2.05, 4.69) is 5.32 Å². The van der Waals surface area contributed by atoms with Crippen molar-refractivity contribution in [2.45, 2.75) is 69.5 Å². The Kier molecular flexibility index (Phi) is 10.9. The Hall–Kier alpha value is -3.56. The van der Waals surface area contributed by atoms with Gasteiger partial charge in [-0.05, 0) is 80.3 Å². The molecule has 0 spiro atoms. The van der Waals surface area contributed by atoms with E-state index in [9.17, 15) is 18.0 Å². The first-order valence-electron chi connectivity index (χ1n) is 14.4. The van der Waals surface area contributed by atoms with Crippen molar-refractivity contribution in [1.82, 2.24) is 10.2 Å². The summed E-state index contributed by atoms with van der Waals surface area (Å²) in [5.74, 6) is -0.138. The molecule has 10 heteroatoms. The summed E-state index contributed by atoms with van der Waals surface area (Å²) < 4.78 is 34.5. The lowest BCUT2D eigenvalue weighted by Crippen LogP contribution is -2.53. The van der Waals surface area contributed by atoms with Crippen LogP contribution in [0, 0.1) is 0 Å². The van der Waals surface area contributed by atoms with Crippen LogP contribution in [0.15, 0.2) is 83.8 Å². The topological polar surface area (TPSA) is 96.0 Å². The van der Waals surface area contributed by atoms with Crippen LogP contribution < -0.4 is 14.4 Å². The van der Waals surface area contributed by atoms with Gasteiger partial charge >= 0.3 is 0 Å². The van der Waals surface area contributed by atoms with Gasteiger partial charge in [0.25, 0.3) is 10.0 Å². The summed E-state index contributed by atoms with van der Waals surface area (Å²) in [5, 5.41) is 3.67. The summed E-state index contributed by atoms with van der Waals surface area (Å²) in [5.41, 5.74) is 1.09. The first-order valence-corrected chi connectivity index (χ1v) is 16.2. The molecule has 0 unspecified atom stereocenters. The molecule has 0 bridgehead atoms. The van der Waals surface area contributed by atoms with Crippen LogP contribution in [0.2, 0.25) is 5.02 Å². The lowest BCUT2D eigenvalue weighted by Gasteiger charge is -2.33. The Morgan fingerprint density at radius 1 is 0.952 bits per heavy atom. The van der Waals surface area contributed by atoms with Crippen molar-refractivity contribution in [3.63, 3.8) is 0 Å². The lowest BCUT2D eigenvalue weighted by molar-refractivity contribution is -0.140. The van der Waals surface area contributed by atoms with E-state index in [4.69, 9.17) is 16.3 Å². The third-order valence-electron chi connectivity index (χ3n) is 7.40. The molecule has 3 aromatic rings. The van der Waals surface area contributed by atoms with Crippen LogP contribution in [0.25, 0.3) is 0 Å². The zero-order valence-corrected chi connectivity index (χ0v) is 25.6. The maximum atomic E-state index is 14.2. The van der Waals surface area contributed by atoms with Gasteiger partial charge in [-0.25, -0.2) is 8.42 Å². The van der Waals surface area contributed by atoms with Gasteiger partial charge in [-0.3, -0.25) is 13.9 Å². The molecule has 3 aromatic carbocycles. The van der Waals surface area contributed by atoms with Gasteiger partial charge in [0.1, 0.15) is 18.3 Å². The number of carbonyl (C=O) groups excluding carboxylic acids is 2. The molecule has 0 aromatic heterocycles. The summed E-state index contributed by atoms with van der Waals surface area (Å²) in [4.78, 5) is 29.2. The van der Waals surface area contributed by atoms with Crippen LogP contribution >= 0.6 is 11.6 Å². The minimum atomic E-state index is -4.13. The molecule has 224 valence electrons. The second-order valence-electron chi connectivity index (χ2n) is 10.3. The van der Waals surface area contributed by atoms with Gasteiger partial charge in [-0.15, -0.1) is 0 Å². The average molecular weight is 612 g/mol. The predicted molar refractivity (Wildman–Crippen MR) is 165 cm³/mol. The molecule has 1 aliphatic rings. The third kappa shape index (κ3) is 7.83. The van der Waals surface area contributed by atoms with Crippen molar-refractivity contribution in [3.8, 4) is 5.75 Å². The largest absolute Gasteiger partial charge is 0.494 e. The van der Waals surface area contributed by atoms with E-state index in [0.29, 0.717) is 29.5 Å². The SMILES string of the molecule is CCOc1ccc(N(CC(=O)N(Cc2ccc(Cl)cc2)[C@H](CC)C(=O)NC2CCCC2)S(=O)(=O)c2ccccc2)cc1. The van der Waals surface area contributed by atoms with E-state index >= 15 is 0 Å². The zero-order chi connectivity index (χ0) is 30.1. The van der Waals surface area contributed by atoms with Crippen LogP contribution in [-0.2, 0) is 26.2 Å². The Bertz CT molecular complexity index is 1430. The van der Waals surface area contributed by atoms with Crippen LogP contribution in [0.5, 0.6) is 5.75 Å². The maximum Gasteiger partial charge on any atom is 0.264 e. The molecule has 8 nitrogen and oxygen atoms in total. The number of carbonyl (C=O) groups is 2. The molecule has 1 N–H and O–H groups in total. The summed E-state index contributed by atoms with van der Waals surface area (Å²) in [6.45, 7) is 3.80. The molecule has 1 aliphatic carbocycles. The van der Waals surface area contributed by atoms with Gasteiger partial charge in [0.05, 0.1) is 17.2 Å². The smallest absolute Gasteiger partial charge is 0.264 e. The Balaban J connectivity index is 1.70. The molecule has 0 radical (unpaired) electrons. The molecule has 1 atom stereocenters. The van der Waals surface area contributed by atoms with Gasteiger partial charge in [0.2, 0.25) is 11.8 Å². The third-order valence-corrected chi connectivity index (χ3v) is 9.44. The summed E-state index contributed by atoms with van der Waals surface area (Å²) in [6.07, 6.45) is 4.31. The highest BCUT2D eigenvalue weighted by molar-refractivity contribution is 7.92. The highest BCUT2D eigenvalue weighted by atomic mass is 35.5. The Labute approximate surface area is 253 Å². The summed E-state index contributed by atoms with van der Waals surface area (Å²) in [6, 6.07) is 20.9. The molecule has 2 amide bonds. The fraction of sp³-hybridized carbons (Fsp3) is 0.375. The van der Waals surface area contributed by atoms with Crippen molar-refractivity contribution in [3.05, 3.63) is 89.4 Å².